The van der Waals surface area contributed by atoms with E-state index in [2.05, 4.69) is 62.0 Å². The third-order valence-electron chi connectivity index (χ3n) is 4.99. The Morgan fingerprint density at radius 3 is 2.91 bits per heavy atom. The Morgan fingerprint density at radius 2 is 2.14 bits per heavy atom. The van der Waals surface area contributed by atoms with Gasteiger partial charge in [0.2, 0.25) is 0 Å². The van der Waals surface area contributed by atoms with Gasteiger partial charge in [0.05, 0.1) is 5.03 Å². The zero-order valence-corrected chi connectivity index (χ0v) is 14.6. The number of fused-ring (bicyclic) bond motifs is 2. The molecular weight excluding hydrogens is 288 g/mol. The Bertz CT molecular complexity index is 756. The first-order valence-corrected chi connectivity index (χ1v) is 9.10. The topological polar surface area (TPSA) is 19.0 Å². The highest BCUT2D eigenvalue weighted by atomic mass is 32.2. The lowest BCUT2D eigenvalue weighted by atomic mass is 9.77. The van der Waals surface area contributed by atoms with Gasteiger partial charge in [-0.1, -0.05) is 37.6 Å². The van der Waals surface area contributed by atoms with Crippen molar-refractivity contribution in [3.63, 3.8) is 0 Å². The van der Waals surface area contributed by atoms with Crippen LogP contribution in [0.15, 0.2) is 34.9 Å². The van der Waals surface area contributed by atoms with Gasteiger partial charge in [-0.15, -0.1) is 11.8 Å². The minimum atomic E-state index is 0.544. The largest absolute Gasteiger partial charge is 0.349 e. The number of nitrogens with one attached hydrogen (secondary N) is 1. The van der Waals surface area contributed by atoms with Gasteiger partial charge in [-0.05, 0) is 37.6 Å². The highest BCUT2D eigenvalue weighted by Gasteiger charge is 2.36. The molecule has 1 aromatic heterocycles. The Balaban J connectivity index is 1.93. The maximum atomic E-state index is 3.69. The molecule has 0 radical (unpaired) electrons. The SMILES string of the molecule is CC1=CC2c3cccc4[nH]c(SC(C)C)c(c34)CC2N(C)C1. The van der Waals surface area contributed by atoms with E-state index in [4.69, 9.17) is 0 Å². The van der Waals surface area contributed by atoms with Crippen LogP contribution < -0.4 is 0 Å². The van der Waals surface area contributed by atoms with E-state index in [1.165, 1.54) is 27.1 Å². The van der Waals surface area contributed by atoms with Crippen molar-refractivity contribution in [2.45, 2.75) is 49.4 Å². The second-order valence-electron chi connectivity index (χ2n) is 7.09. The van der Waals surface area contributed by atoms with Crippen molar-refractivity contribution in [1.29, 1.82) is 0 Å². The van der Waals surface area contributed by atoms with Crippen LogP contribution in [0.1, 0.15) is 37.8 Å². The summed E-state index contributed by atoms with van der Waals surface area (Å²) in [6.07, 6.45) is 3.67. The predicted octanol–water partition coefficient (Wildman–Crippen LogP) is 4.57. The summed E-state index contributed by atoms with van der Waals surface area (Å²) < 4.78 is 0. The number of H-pyrrole nitrogens is 1. The summed E-state index contributed by atoms with van der Waals surface area (Å²) in [5.74, 6) is 0.544. The quantitative estimate of drug-likeness (QED) is 0.647. The molecule has 0 bridgehead atoms. The molecule has 3 heteroatoms. The van der Waals surface area contributed by atoms with Gasteiger partial charge < -0.3 is 4.98 Å². The van der Waals surface area contributed by atoms with E-state index in [1.54, 1.807) is 5.56 Å². The number of aromatic nitrogens is 1. The first kappa shape index (κ1) is 14.4. The summed E-state index contributed by atoms with van der Waals surface area (Å²) in [5, 5.41) is 3.48. The lowest BCUT2D eigenvalue weighted by Gasteiger charge is -2.41. The number of hydrogen-bond donors (Lipinski definition) is 1. The number of nitrogens with zero attached hydrogens (tertiary/aromatic N) is 1. The summed E-state index contributed by atoms with van der Waals surface area (Å²) >= 11 is 1.97. The van der Waals surface area contributed by atoms with Crippen molar-refractivity contribution in [1.82, 2.24) is 9.88 Å². The summed E-state index contributed by atoms with van der Waals surface area (Å²) in [4.78, 5) is 6.23. The third-order valence-corrected chi connectivity index (χ3v) is 6.05. The van der Waals surface area contributed by atoms with Gasteiger partial charge in [0, 0.05) is 34.7 Å². The molecule has 2 aromatic rings. The molecule has 22 heavy (non-hydrogen) atoms. The predicted molar refractivity (Wildman–Crippen MR) is 95.9 cm³/mol. The van der Waals surface area contributed by atoms with Crippen molar-refractivity contribution in [2.24, 2.45) is 0 Å². The minimum absolute atomic E-state index is 0.544. The minimum Gasteiger partial charge on any atom is -0.349 e. The highest BCUT2D eigenvalue weighted by molar-refractivity contribution is 7.99. The molecule has 2 atom stereocenters. The maximum Gasteiger partial charge on any atom is 0.0768 e. The number of aromatic amines is 1. The first-order valence-electron chi connectivity index (χ1n) is 8.22. The summed E-state index contributed by atoms with van der Waals surface area (Å²) in [6, 6.07) is 7.38. The van der Waals surface area contributed by atoms with Gasteiger partial charge in [-0.3, -0.25) is 4.90 Å². The van der Waals surface area contributed by atoms with E-state index in [0.717, 1.165) is 13.0 Å². The Kier molecular flexibility index (Phi) is 3.39. The van der Waals surface area contributed by atoms with E-state index < -0.39 is 0 Å². The summed E-state index contributed by atoms with van der Waals surface area (Å²) in [6.45, 7) is 7.91. The van der Waals surface area contributed by atoms with Crippen molar-refractivity contribution < 1.29 is 0 Å². The normalized spacial score (nSPS) is 24.7. The molecule has 2 unspecified atom stereocenters. The molecule has 1 N–H and O–H groups in total. The average molecular weight is 312 g/mol. The average Bonchev–Trinajstić information content (AvgIpc) is 2.79. The maximum absolute atomic E-state index is 3.69. The molecule has 0 saturated heterocycles. The van der Waals surface area contributed by atoms with Crippen LogP contribution in [-0.2, 0) is 6.42 Å². The molecule has 1 aliphatic carbocycles. The van der Waals surface area contributed by atoms with Crippen LogP contribution in [0.2, 0.25) is 0 Å². The number of likely N-dealkylation sites (N-methyl/N-ethyl adjacent to an activating group) is 1. The lowest BCUT2D eigenvalue weighted by Crippen LogP contribution is -2.43. The van der Waals surface area contributed by atoms with Gasteiger partial charge in [-0.2, -0.15) is 0 Å². The second-order valence-corrected chi connectivity index (χ2v) is 8.68. The molecular formula is C19H24N2S. The molecule has 2 aliphatic rings. The van der Waals surface area contributed by atoms with Gasteiger partial charge in [0.25, 0.3) is 0 Å². The molecule has 0 saturated carbocycles. The Hall–Kier alpha value is -1.19. The fraction of sp³-hybridized carbons (Fsp3) is 0.474. The van der Waals surface area contributed by atoms with E-state index >= 15 is 0 Å². The Labute approximate surface area is 137 Å². The molecule has 2 nitrogen and oxygen atoms in total. The molecule has 0 fully saturated rings. The third kappa shape index (κ3) is 2.14. The Morgan fingerprint density at radius 1 is 1.32 bits per heavy atom. The van der Waals surface area contributed by atoms with Gasteiger partial charge >= 0.3 is 0 Å². The molecule has 0 spiro atoms. The molecule has 1 aromatic carbocycles. The van der Waals surface area contributed by atoms with Crippen molar-refractivity contribution in [2.75, 3.05) is 13.6 Å². The summed E-state index contributed by atoms with van der Waals surface area (Å²) in [7, 11) is 2.28. The van der Waals surface area contributed by atoms with E-state index in [0.29, 0.717) is 17.2 Å². The molecule has 0 amide bonds. The number of benzene rings is 1. The monoisotopic (exact) mass is 312 g/mol. The van der Waals surface area contributed by atoms with E-state index in [-0.39, 0.29) is 0 Å². The standard InChI is InChI=1S/C19H24N2S/c1-11(2)22-19-15-9-17-14(8-12(3)10-21(17)4)13-6-5-7-16(20-19)18(13)15/h5-8,11,14,17,20H,9-10H2,1-4H3. The fourth-order valence-corrected chi connectivity index (χ4v) is 5.14. The fourth-order valence-electron chi connectivity index (χ4n) is 4.18. The van der Waals surface area contributed by atoms with Gasteiger partial charge in [0.1, 0.15) is 0 Å². The van der Waals surface area contributed by atoms with Crippen LogP contribution in [0.25, 0.3) is 10.9 Å². The number of hydrogen-bond acceptors (Lipinski definition) is 2. The molecule has 2 heterocycles. The van der Waals surface area contributed by atoms with Crippen LogP contribution >= 0.6 is 11.8 Å². The number of rotatable bonds is 2. The smallest absolute Gasteiger partial charge is 0.0768 e. The molecule has 1 aliphatic heterocycles. The summed E-state index contributed by atoms with van der Waals surface area (Å²) in [5.41, 5.74) is 5.87. The first-order chi connectivity index (χ1) is 10.5. The van der Waals surface area contributed by atoms with Crippen molar-refractivity contribution >= 4 is 22.7 Å². The van der Waals surface area contributed by atoms with E-state index in [1.807, 2.05) is 11.8 Å². The van der Waals surface area contributed by atoms with Crippen molar-refractivity contribution in [3.8, 4) is 0 Å². The number of thioether (sulfide) groups is 1. The van der Waals surface area contributed by atoms with Gasteiger partial charge in [0.15, 0.2) is 0 Å². The van der Waals surface area contributed by atoms with Crippen LogP contribution in [0.4, 0.5) is 0 Å². The van der Waals surface area contributed by atoms with Crippen LogP contribution in [-0.4, -0.2) is 34.8 Å². The lowest BCUT2D eigenvalue weighted by molar-refractivity contribution is 0.224. The zero-order valence-electron chi connectivity index (χ0n) is 13.8. The van der Waals surface area contributed by atoms with E-state index in [9.17, 15) is 0 Å². The van der Waals surface area contributed by atoms with Crippen molar-refractivity contribution in [3.05, 3.63) is 41.0 Å². The zero-order chi connectivity index (χ0) is 15.4. The van der Waals surface area contributed by atoms with Crippen LogP contribution in [0.5, 0.6) is 0 Å². The highest BCUT2D eigenvalue weighted by Crippen LogP contribution is 2.45. The van der Waals surface area contributed by atoms with Crippen LogP contribution in [0, 0.1) is 0 Å². The molecule has 4 rings (SSSR count). The van der Waals surface area contributed by atoms with Gasteiger partial charge in [-0.25, -0.2) is 0 Å². The molecule has 116 valence electrons. The second kappa shape index (κ2) is 5.17. The van der Waals surface area contributed by atoms with Crippen LogP contribution in [0.3, 0.4) is 0 Å².